The van der Waals surface area contributed by atoms with Gasteiger partial charge in [-0.15, -0.1) is 0 Å². The highest BCUT2D eigenvalue weighted by atomic mass is 16.7. The van der Waals surface area contributed by atoms with E-state index in [1.54, 1.807) is 6.92 Å². The Hall–Kier alpha value is -1.34. The minimum Gasteiger partial charge on any atom is -0.469 e. The molecule has 0 heterocycles. The molecule has 0 aromatic heterocycles. The average molecular weight is 495 g/mol. The number of fused-ring (bicyclic) bond motifs is 5. The van der Waals surface area contributed by atoms with E-state index >= 15 is 0 Å². The van der Waals surface area contributed by atoms with Gasteiger partial charge >= 0.3 is 12.1 Å². The van der Waals surface area contributed by atoms with E-state index in [0.29, 0.717) is 31.3 Å². The molecule has 0 radical (unpaired) electrons. The van der Waals surface area contributed by atoms with Crippen LogP contribution < -0.4 is 0 Å². The SMILES string of the molecule is CCOC(=O)O[C@H]1CC[C@@]2(C)[C@H](C1)C[C@@H](O)[C@H]1[C@H]2C[C@@H](O)[C@@]2(C)[C@@H]1CC[C@H]2[C@@H](C)CCC(=O)OC. The lowest BCUT2D eigenvalue weighted by Gasteiger charge is -2.63. The number of rotatable bonds is 6. The minimum absolute atomic E-state index is 0.0231. The molecule has 0 aromatic rings. The Bertz CT molecular complexity index is 785. The van der Waals surface area contributed by atoms with Gasteiger partial charge in [-0.05, 0) is 105 Å². The molecule has 35 heavy (non-hydrogen) atoms. The summed E-state index contributed by atoms with van der Waals surface area (Å²) in [7, 11) is 1.43. The largest absolute Gasteiger partial charge is 0.508 e. The van der Waals surface area contributed by atoms with Gasteiger partial charge in [0, 0.05) is 6.42 Å². The third-order valence-electron chi connectivity index (χ3n) is 11.1. The zero-order valence-corrected chi connectivity index (χ0v) is 22.2. The summed E-state index contributed by atoms with van der Waals surface area (Å²) in [4.78, 5) is 23.6. The maximum atomic E-state index is 11.9. The first-order valence-corrected chi connectivity index (χ1v) is 13.8. The van der Waals surface area contributed by atoms with E-state index in [2.05, 4.69) is 20.8 Å². The quantitative estimate of drug-likeness (QED) is 0.515. The second-order valence-corrected chi connectivity index (χ2v) is 12.4. The summed E-state index contributed by atoms with van der Waals surface area (Å²) in [6.45, 7) is 8.88. The third-order valence-corrected chi connectivity index (χ3v) is 11.1. The van der Waals surface area contributed by atoms with Crippen LogP contribution in [0.1, 0.15) is 85.5 Å². The Morgan fingerprint density at radius 2 is 1.80 bits per heavy atom. The Morgan fingerprint density at radius 3 is 2.49 bits per heavy atom. The molecule has 0 amide bonds. The molecular formula is C28H46O7. The van der Waals surface area contributed by atoms with Crippen LogP contribution in [0.15, 0.2) is 0 Å². The van der Waals surface area contributed by atoms with E-state index in [1.165, 1.54) is 7.11 Å². The maximum Gasteiger partial charge on any atom is 0.508 e. The lowest BCUT2D eigenvalue weighted by Crippen LogP contribution is -2.62. The van der Waals surface area contributed by atoms with Gasteiger partial charge in [-0.2, -0.15) is 0 Å². The molecule has 200 valence electrons. The monoisotopic (exact) mass is 494 g/mol. The number of hydrogen-bond donors (Lipinski definition) is 2. The van der Waals surface area contributed by atoms with Crippen molar-refractivity contribution in [2.75, 3.05) is 13.7 Å². The molecule has 7 nitrogen and oxygen atoms in total. The van der Waals surface area contributed by atoms with Crippen LogP contribution in [-0.2, 0) is 19.0 Å². The zero-order chi connectivity index (χ0) is 25.5. The van der Waals surface area contributed by atoms with Gasteiger partial charge in [0.05, 0.1) is 25.9 Å². The first kappa shape index (κ1) is 26.7. The molecule has 7 heteroatoms. The Kier molecular flexibility index (Phi) is 7.78. The third kappa shape index (κ3) is 4.60. The lowest BCUT2D eigenvalue weighted by atomic mass is 9.43. The van der Waals surface area contributed by atoms with Crippen LogP contribution in [-0.4, -0.2) is 54.4 Å². The highest BCUT2D eigenvalue weighted by molar-refractivity contribution is 5.69. The first-order chi connectivity index (χ1) is 16.6. The number of aliphatic hydroxyl groups excluding tert-OH is 2. The summed E-state index contributed by atoms with van der Waals surface area (Å²) >= 11 is 0. The molecule has 4 saturated carbocycles. The molecule has 0 saturated heterocycles. The van der Waals surface area contributed by atoms with Crippen LogP contribution >= 0.6 is 0 Å². The van der Waals surface area contributed by atoms with Crippen molar-refractivity contribution in [3.8, 4) is 0 Å². The van der Waals surface area contributed by atoms with Crippen molar-refractivity contribution in [1.82, 2.24) is 0 Å². The van der Waals surface area contributed by atoms with E-state index in [0.717, 1.165) is 44.9 Å². The molecule has 0 aliphatic heterocycles. The number of ether oxygens (including phenoxy) is 3. The summed E-state index contributed by atoms with van der Waals surface area (Å²) in [5.41, 5.74) is -0.222. The summed E-state index contributed by atoms with van der Waals surface area (Å²) in [6, 6.07) is 0. The molecule has 4 aliphatic carbocycles. The van der Waals surface area contributed by atoms with Crippen molar-refractivity contribution in [2.24, 2.45) is 46.3 Å². The highest BCUT2D eigenvalue weighted by Gasteiger charge is 2.65. The van der Waals surface area contributed by atoms with Gasteiger partial charge in [-0.25, -0.2) is 4.79 Å². The van der Waals surface area contributed by atoms with Gasteiger partial charge in [0.15, 0.2) is 0 Å². The van der Waals surface area contributed by atoms with E-state index in [4.69, 9.17) is 14.2 Å². The van der Waals surface area contributed by atoms with Gasteiger partial charge in [-0.1, -0.05) is 20.8 Å². The molecule has 0 bridgehead atoms. The normalized spacial score (nSPS) is 45.5. The minimum atomic E-state index is -0.600. The molecule has 4 aliphatic rings. The average Bonchev–Trinajstić information content (AvgIpc) is 3.17. The summed E-state index contributed by atoms with van der Waals surface area (Å²) in [5.74, 6) is 1.46. The molecule has 2 N–H and O–H groups in total. The van der Waals surface area contributed by atoms with Crippen molar-refractivity contribution in [3.05, 3.63) is 0 Å². The maximum absolute atomic E-state index is 11.9. The Morgan fingerprint density at radius 1 is 1.06 bits per heavy atom. The second kappa shape index (κ2) is 10.2. The molecule has 4 fully saturated rings. The highest BCUT2D eigenvalue weighted by Crippen LogP contribution is 2.68. The fourth-order valence-electron chi connectivity index (χ4n) is 9.16. The fraction of sp³-hybridized carbons (Fsp3) is 0.929. The van der Waals surface area contributed by atoms with Crippen molar-refractivity contribution in [1.29, 1.82) is 0 Å². The van der Waals surface area contributed by atoms with Gasteiger partial charge in [0.25, 0.3) is 0 Å². The molecule has 0 spiro atoms. The van der Waals surface area contributed by atoms with Crippen LogP contribution in [0, 0.1) is 46.3 Å². The second-order valence-electron chi connectivity index (χ2n) is 12.4. The van der Waals surface area contributed by atoms with Crippen molar-refractivity contribution >= 4 is 12.1 Å². The van der Waals surface area contributed by atoms with Crippen molar-refractivity contribution < 1.29 is 34.0 Å². The molecule has 11 atom stereocenters. The number of aliphatic hydroxyl groups is 2. The van der Waals surface area contributed by atoms with Gasteiger partial charge in [-0.3, -0.25) is 4.79 Å². The first-order valence-electron chi connectivity index (χ1n) is 13.8. The molecule has 0 unspecified atom stereocenters. The zero-order valence-electron chi connectivity index (χ0n) is 22.2. The number of hydrogen-bond acceptors (Lipinski definition) is 7. The molecule has 4 rings (SSSR count). The fourth-order valence-corrected chi connectivity index (χ4v) is 9.16. The van der Waals surface area contributed by atoms with Crippen LogP contribution in [0.2, 0.25) is 0 Å². The predicted molar refractivity (Wildman–Crippen MR) is 130 cm³/mol. The van der Waals surface area contributed by atoms with E-state index < -0.39 is 18.4 Å². The van der Waals surface area contributed by atoms with Crippen LogP contribution in [0.3, 0.4) is 0 Å². The number of carbonyl (C=O) groups is 2. The Labute approximate surface area is 210 Å². The number of esters is 1. The van der Waals surface area contributed by atoms with Crippen LogP contribution in [0.5, 0.6) is 0 Å². The lowest BCUT2D eigenvalue weighted by molar-refractivity contribution is -0.207. The molecule has 0 aromatic carbocycles. The van der Waals surface area contributed by atoms with Crippen LogP contribution in [0.4, 0.5) is 4.79 Å². The summed E-state index contributed by atoms with van der Waals surface area (Å²) < 4.78 is 15.4. The summed E-state index contributed by atoms with van der Waals surface area (Å²) in [5, 5.41) is 23.2. The topological polar surface area (TPSA) is 102 Å². The number of carbonyl (C=O) groups excluding carboxylic acids is 2. The van der Waals surface area contributed by atoms with E-state index in [1.807, 2.05) is 0 Å². The van der Waals surface area contributed by atoms with Crippen molar-refractivity contribution in [2.45, 2.75) is 104 Å². The van der Waals surface area contributed by atoms with Crippen molar-refractivity contribution in [3.63, 3.8) is 0 Å². The summed E-state index contributed by atoms with van der Waals surface area (Å²) in [6.07, 6.45) is 5.58. The number of methoxy groups -OCH3 is 1. The molecular weight excluding hydrogens is 448 g/mol. The van der Waals surface area contributed by atoms with Crippen LogP contribution in [0.25, 0.3) is 0 Å². The van der Waals surface area contributed by atoms with Gasteiger partial charge in [0.2, 0.25) is 0 Å². The smallest absolute Gasteiger partial charge is 0.469 e. The predicted octanol–water partition coefficient (Wildman–Crippen LogP) is 4.72. The van der Waals surface area contributed by atoms with E-state index in [-0.39, 0.29) is 46.6 Å². The van der Waals surface area contributed by atoms with Gasteiger partial charge < -0.3 is 24.4 Å². The van der Waals surface area contributed by atoms with Gasteiger partial charge in [0.1, 0.15) is 6.10 Å². The Balaban J connectivity index is 1.50. The standard InChI is InChI=1S/C28H46O7/c1-6-34-26(32)35-18-11-12-27(3)17(13-18)14-22(29)25-20-9-8-19(16(2)7-10-24(31)33-5)28(20,4)23(30)15-21(25)27/h16-23,25,29-30H,6-15H2,1-5H3/t16-,17+,18-,19-,20+,21+,22+,23+,25+,27-,28+/m0/s1. The van der Waals surface area contributed by atoms with E-state index in [9.17, 15) is 19.8 Å².